The highest BCUT2D eigenvalue weighted by molar-refractivity contribution is 5.87. The summed E-state index contributed by atoms with van der Waals surface area (Å²) in [5, 5.41) is 74.3. The van der Waals surface area contributed by atoms with E-state index in [1.54, 1.807) is 6.08 Å². The van der Waals surface area contributed by atoms with Gasteiger partial charge in [-0.15, -0.1) is 0 Å². The normalized spacial score (nSPS) is 50.2. The first-order chi connectivity index (χ1) is 22.4. The van der Waals surface area contributed by atoms with Crippen molar-refractivity contribution < 1.29 is 45.0 Å². The molecule has 8 rings (SSSR count). The minimum absolute atomic E-state index is 0.0639. The number of ether oxygens (including phenoxy) is 1. The minimum Gasteiger partial charge on any atom is -0.451 e. The van der Waals surface area contributed by atoms with Crippen molar-refractivity contribution >= 4 is 12.3 Å². The Kier molecular flexibility index (Phi) is 7.10. The molecule has 2 bridgehead atoms. The molecule has 1 aromatic carbocycles. The Morgan fingerprint density at radius 1 is 1.02 bits per heavy atom. The number of hydrogen-bond acceptors (Lipinski definition) is 10. The van der Waals surface area contributed by atoms with Crippen LogP contribution >= 0.6 is 0 Å². The third-order valence-electron chi connectivity index (χ3n) is 15.0. The van der Waals surface area contributed by atoms with Crippen LogP contribution in [0.4, 0.5) is 0 Å². The molecule has 10 nitrogen and oxygen atoms in total. The molecule has 1 aliphatic heterocycles. The molecule has 7 N–H and O–H groups in total. The van der Waals surface area contributed by atoms with E-state index in [-0.39, 0.29) is 62.1 Å². The summed E-state index contributed by atoms with van der Waals surface area (Å²) in [7, 11) is 1.90. The fourth-order valence-electron chi connectivity index (χ4n) is 13.3. The van der Waals surface area contributed by atoms with Gasteiger partial charge < -0.3 is 45.5 Å². The van der Waals surface area contributed by atoms with Crippen LogP contribution in [0.25, 0.3) is 0 Å². The first-order valence-corrected chi connectivity index (χ1v) is 17.7. The van der Waals surface area contributed by atoms with E-state index in [0.29, 0.717) is 51.4 Å². The third-order valence-corrected chi connectivity index (χ3v) is 15.0. The molecule has 10 heteroatoms. The van der Waals surface area contributed by atoms with Gasteiger partial charge in [-0.2, -0.15) is 0 Å². The monoisotopic (exact) mass is 651 g/mol. The predicted octanol–water partition coefficient (Wildman–Crippen LogP) is 1.46. The zero-order valence-electron chi connectivity index (χ0n) is 27.1. The fourth-order valence-corrected chi connectivity index (χ4v) is 13.3. The average Bonchev–Trinajstić information content (AvgIpc) is 3.48. The number of nitrogens with one attached hydrogen (secondary N) is 1. The van der Waals surface area contributed by atoms with E-state index in [4.69, 9.17) is 4.74 Å². The molecule has 47 heavy (non-hydrogen) atoms. The molecule has 6 aliphatic carbocycles. The van der Waals surface area contributed by atoms with Gasteiger partial charge >= 0.3 is 5.97 Å². The number of aliphatic hydroxyl groups is 6. The molecule has 256 valence electrons. The van der Waals surface area contributed by atoms with E-state index >= 15 is 0 Å². The number of aldehydes is 1. The predicted molar refractivity (Wildman–Crippen MR) is 168 cm³/mol. The molecule has 0 amide bonds. The number of rotatable bonds is 6. The molecular formula is C37H49NO9. The number of aliphatic hydroxyl groups excluding tert-OH is 3. The van der Waals surface area contributed by atoms with Crippen LogP contribution in [-0.4, -0.2) is 90.6 Å². The maximum atomic E-state index is 13.3. The first-order valence-electron chi connectivity index (χ1n) is 17.7. The van der Waals surface area contributed by atoms with E-state index in [2.05, 4.69) is 5.32 Å². The average molecular weight is 652 g/mol. The number of benzene rings is 1. The highest BCUT2D eigenvalue weighted by Crippen LogP contribution is 2.77. The van der Waals surface area contributed by atoms with Gasteiger partial charge in [-0.3, -0.25) is 0 Å². The summed E-state index contributed by atoms with van der Waals surface area (Å²) in [6, 6.07) is 7.66. The van der Waals surface area contributed by atoms with E-state index in [1.165, 1.54) is 0 Å². The molecule has 7 aliphatic rings. The molecule has 13 unspecified atom stereocenters. The molecule has 13 atom stereocenters. The number of hydrogen-bond donors (Lipinski definition) is 7. The molecule has 0 aromatic heterocycles. The Bertz CT molecular complexity index is 1520. The summed E-state index contributed by atoms with van der Waals surface area (Å²) >= 11 is 0. The van der Waals surface area contributed by atoms with Gasteiger partial charge in [0.25, 0.3) is 0 Å². The highest BCUT2D eigenvalue weighted by Gasteiger charge is 2.83. The zero-order chi connectivity index (χ0) is 33.2. The molecule has 1 heterocycles. The molecule has 0 saturated heterocycles. The first kappa shape index (κ1) is 32.0. The maximum Gasteiger partial charge on any atom is 0.331 e. The van der Waals surface area contributed by atoms with Gasteiger partial charge in [0.15, 0.2) is 0 Å². The van der Waals surface area contributed by atoms with Crippen molar-refractivity contribution in [2.75, 3.05) is 7.05 Å². The van der Waals surface area contributed by atoms with Crippen LogP contribution in [0.15, 0.2) is 35.9 Å². The third kappa shape index (κ3) is 3.76. The molecule has 0 radical (unpaired) electrons. The number of likely N-dealkylation sites (N-methyl/N-ethyl adjacent to an activating group) is 1. The van der Waals surface area contributed by atoms with E-state index in [0.717, 1.165) is 23.0 Å². The van der Waals surface area contributed by atoms with Gasteiger partial charge in [-0.05, 0) is 99.8 Å². The summed E-state index contributed by atoms with van der Waals surface area (Å²) in [6.45, 7) is -0.0821. The van der Waals surface area contributed by atoms with Crippen LogP contribution in [0.3, 0.4) is 0 Å². The van der Waals surface area contributed by atoms with Crippen LogP contribution < -0.4 is 5.32 Å². The highest BCUT2D eigenvalue weighted by atomic mass is 16.6. The second-order valence-electron chi connectivity index (χ2n) is 16.3. The van der Waals surface area contributed by atoms with Gasteiger partial charge in [-0.25, -0.2) is 4.79 Å². The van der Waals surface area contributed by atoms with Crippen molar-refractivity contribution in [1.82, 2.24) is 5.32 Å². The lowest BCUT2D eigenvalue weighted by Crippen LogP contribution is -2.81. The number of esters is 1. The SMILES string of the molecule is CNC(Cc1ccccc1CO)C1CC2CC3(O)C4(CCCC15OC(=O)C=C5C24)CCC1C2(C=O)CCC(O)CC2(O)CC(O)C13O. The van der Waals surface area contributed by atoms with Gasteiger partial charge in [0.2, 0.25) is 0 Å². The maximum absolute atomic E-state index is 13.3. The standard InChI is InChI=1S/C37H49NO9/c1-38-27(14-21-5-2-3-6-22(21)19-39)25-13-23-16-36(45)32(9-4-10-35(25)26(31(23)32)15-30(43)47-35)12-8-28-33(20-40)11-7-24(41)17-34(33,44)18-29(42)37(28,36)46/h2-3,5-6,15,20,23-25,27-29,31,38-39,41-42,44-46H,4,7-14,16-19H2,1H3. The summed E-state index contributed by atoms with van der Waals surface area (Å²) in [5.74, 6) is -1.82. The smallest absolute Gasteiger partial charge is 0.331 e. The van der Waals surface area contributed by atoms with Crippen molar-refractivity contribution in [3.63, 3.8) is 0 Å². The Morgan fingerprint density at radius 2 is 1.79 bits per heavy atom. The van der Waals surface area contributed by atoms with Crippen LogP contribution in [0.2, 0.25) is 0 Å². The Morgan fingerprint density at radius 3 is 2.51 bits per heavy atom. The van der Waals surface area contributed by atoms with E-state index < -0.39 is 51.4 Å². The quantitative estimate of drug-likeness (QED) is 0.176. The van der Waals surface area contributed by atoms with Gasteiger partial charge in [0, 0.05) is 42.2 Å². The topological polar surface area (TPSA) is 177 Å². The molecule has 1 aromatic rings. The minimum atomic E-state index is -2.08. The number of carbonyl (C=O) groups is 2. The van der Waals surface area contributed by atoms with Crippen molar-refractivity contribution in [2.45, 2.75) is 124 Å². The van der Waals surface area contributed by atoms with Gasteiger partial charge in [0.05, 0.1) is 29.8 Å². The van der Waals surface area contributed by atoms with Crippen LogP contribution in [0.5, 0.6) is 0 Å². The number of carbonyl (C=O) groups excluding carboxylic acids is 2. The fraction of sp³-hybridized carbons (Fsp3) is 0.730. The summed E-state index contributed by atoms with van der Waals surface area (Å²) in [5.41, 5.74) is -5.96. The molecular weight excluding hydrogens is 602 g/mol. The molecule has 6 saturated carbocycles. The Labute approximate surface area is 275 Å². The second-order valence-corrected chi connectivity index (χ2v) is 16.3. The lowest BCUT2D eigenvalue weighted by molar-refractivity contribution is -0.349. The van der Waals surface area contributed by atoms with Crippen LogP contribution in [0, 0.1) is 34.5 Å². The van der Waals surface area contributed by atoms with E-state index in [9.17, 15) is 40.2 Å². The Hall–Kier alpha value is -2.18. The Balaban J connectivity index is 1.24. The summed E-state index contributed by atoms with van der Waals surface area (Å²) in [6.07, 6.45) is 4.15. The largest absolute Gasteiger partial charge is 0.451 e. The van der Waals surface area contributed by atoms with Crippen molar-refractivity contribution in [2.24, 2.45) is 34.5 Å². The lowest BCUT2D eigenvalue weighted by Gasteiger charge is -2.70. The van der Waals surface area contributed by atoms with Gasteiger partial charge in [0.1, 0.15) is 23.1 Å². The lowest BCUT2D eigenvalue weighted by atomic mass is 9.38. The van der Waals surface area contributed by atoms with E-state index in [1.807, 2.05) is 31.3 Å². The van der Waals surface area contributed by atoms with Crippen molar-refractivity contribution in [1.29, 1.82) is 0 Å². The summed E-state index contributed by atoms with van der Waals surface area (Å²) in [4.78, 5) is 26.4. The molecule has 6 fully saturated rings. The van der Waals surface area contributed by atoms with Gasteiger partial charge in [-0.1, -0.05) is 24.3 Å². The molecule has 1 spiro atoms. The van der Waals surface area contributed by atoms with Crippen LogP contribution in [-0.2, 0) is 27.4 Å². The van der Waals surface area contributed by atoms with Crippen molar-refractivity contribution in [3.05, 3.63) is 47.0 Å². The van der Waals surface area contributed by atoms with Crippen LogP contribution in [0.1, 0.15) is 81.8 Å². The number of fused-ring (bicyclic) bond motifs is 4. The summed E-state index contributed by atoms with van der Waals surface area (Å²) < 4.78 is 6.39. The second kappa shape index (κ2) is 10.4. The zero-order valence-corrected chi connectivity index (χ0v) is 27.1. The van der Waals surface area contributed by atoms with Crippen molar-refractivity contribution in [3.8, 4) is 0 Å².